The zero-order chi connectivity index (χ0) is 17.1. The van der Waals surface area contributed by atoms with Gasteiger partial charge in [0.15, 0.2) is 0 Å². The third kappa shape index (κ3) is 3.86. The van der Waals surface area contributed by atoms with Crippen LogP contribution in [0, 0.1) is 11.8 Å². The highest BCUT2D eigenvalue weighted by Gasteiger charge is 2.25. The summed E-state index contributed by atoms with van der Waals surface area (Å²) in [5, 5.41) is 12.5. The molecule has 2 aromatic rings. The van der Waals surface area contributed by atoms with Gasteiger partial charge in [-0.2, -0.15) is 0 Å². The van der Waals surface area contributed by atoms with E-state index in [9.17, 15) is 0 Å². The maximum Gasteiger partial charge on any atom is 0.150 e. The van der Waals surface area contributed by atoms with Crippen LogP contribution in [0.2, 0.25) is 0 Å². The zero-order valence-electron chi connectivity index (χ0n) is 15.4. The van der Waals surface area contributed by atoms with E-state index in [1.165, 1.54) is 17.5 Å². The van der Waals surface area contributed by atoms with Gasteiger partial charge in [0.1, 0.15) is 11.6 Å². The molecule has 0 unspecified atom stereocenters. The van der Waals surface area contributed by atoms with Crippen LogP contribution in [0.1, 0.15) is 62.9 Å². The summed E-state index contributed by atoms with van der Waals surface area (Å²) in [6, 6.07) is 9.26. The van der Waals surface area contributed by atoms with Gasteiger partial charge in [0.05, 0.1) is 6.04 Å². The summed E-state index contributed by atoms with van der Waals surface area (Å²) >= 11 is 0. The van der Waals surface area contributed by atoms with Crippen molar-refractivity contribution in [1.82, 2.24) is 20.1 Å². The van der Waals surface area contributed by atoms with Crippen molar-refractivity contribution in [2.24, 2.45) is 11.8 Å². The van der Waals surface area contributed by atoms with E-state index < -0.39 is 0 Å². The van der Waals surface area contributed by atoms with Crippen molar-refractivity contribution in [2.45, 2.75) is 66.1 Å². The molecule has 0 saturated carbocycles. The highest BCUT2D eigenvalue weighted by atomic mass is 15.3. The molecule has 1 aromatic carbocycles. The first-order valence-electron chi connectivity index (χ1n) is 9.27. The van der Waals surface area contributed by atoms with E-state index in [0.29, 0.717) is 11.8 Å². The molecule has 2 heterocycles. The van der Waals surface area contributed by atoms with Gasteiger partial charge in [-0.05, 0) is 35.8 Å². The van der Waals surface area contributed by atoms with Gasteiger partial charge in [-0.1, -0.05) is 52.0 Å². The van der Waals surface area contributed by atoms with Gasteiger partial charge in [-0.25, -0.2) is 0 Å². The normalized spacial score (nSPS) is 15.2. The maximum absolute atomic E-state index is 4.47. The Hall–Kier alpha value is -1.68. The SMILES string of the molecule is CC(C)Cc1ccc(CN[C@@H](c2nnc3n2CCC3)C(C)C)cc1. The predicted octanol–water partition coefficient (Wildman–Crippen LogP) is 3.91. The van der Waals surface area contributed by atoms with E-state index in [4.69, 9.17) is 0 Å². The Morgan fingerprint density at radius 3 is 2.42 bits per heavy atom. The number of fused-ring (bicyclic) bond motifs is 1. The van der Waals surface area contributed by atoms with Crippen LogP contribution in [0.4, 0.5) is 0 Å². The Bertz CT molecular complexity index is 655. The van der Waals surface area contributed by atoms with E-state index in [2.05, 4.69) is 72.0 Å². The van der Waals surface area contributed by atoms with Crippen LogP contribution in [-0.2, 0) is 25.9 Å². The highest BCUT2D eigenvalue weighted by molar-refractivity contribution is 5.23. The number of rotatable bonds is 7. The molecule has 130 valence electrons. The molecule has 1 aliphatic rings. The minimum absolute atomic E-state index is 0.250. The molecule has 0 aliphatic carbocycles. The molecule has 0 amide bonds. The highest BCUT2D eigenvalue weighted by Crippen LogP contribution is 2.25. The van der Waals surface area contributed by atoms with Crippen LogP contribution in [-0.4, -0.2) is 14.8 Å². The fraction of sp³-hybridized carbons (Fsp3) is 0.600. The summed E-state index contributed by atoms with van der Waals surface area (Å²) in [7, 11) is 0. The summed E-state index contributed by atoms with van der Waals surface area (Å²) in [5.41, 5.74) is 2.75. The molecule has 1 atom stereocenters. The van der Waals surface area contributed by atoms with Crippen molar-refractivity contribution in [3.8, 4) is 0 Å². The van der Waals surface area contributed by atoms with E-state index in [1.807, 2.05) is 0 Å². The lowest BCUT2D eigenvalue weighted by molar-refractivity contribution is 0.379. The number of nitrogens with one attached hydrogen (secondary N) is 1. The molecule has 1 aliphatic heterocycles. The second-order valence-electron chi connectivity index (χ2n) is 7.75. The minimum Gasteiger partial charge on any atom is -0.314 e. The summed E-state index contributed by atoms with van der Waals surface area (Å²) in [6.45, 7) is 11.0. The Morgan fingerprint density at radius 1 is 1.04 bits per heavy atom. The first-order valence-corrected chi connectivity index (χ1v) is 9.27. The van der Waals surface area contributed by atoms with Gasteiger partial charge >= 0.3 is 0 Å². The summed E-state index contributed by atoms with van der Waals surface area (Å²) in [6.07, 6.45) is 3.41. The average Bonchev–Trinajstić information content (AvgIpc) is 3.12. The van der Waals surface area contributed by atoms with E-state index in [-0.39, 0.29) is 6.04 Å². The zero-order valence-corrected chi connectivity index (χ0v) is 15.4. The van der Waals surface area contributed by atoms with Crippen molar-refractivity contribution in [1.29, 1.82) is 0 Å². The molecular weight excluding hydrogens is 296 g/mol. The van der Waals surface area contributed by atoms with Crippen molar-refractivity contribution in [3.05, 3.63) is 47.0 Å². The number of nitrogens with zero attached hydrogens (tertiary/aromatic N) is 3. The van der Waals surface area contributed by atoms with Crippen molar-refractivity contribution >= 4 is 0 Å². The lowest BCUT2D eigenvalue weighted by Gasteiger charge is -2.22. The molecule has 1 aromatic heterocycles. The summed E-state index contributed by atoms with van der Waals surface area (Å²) in [4.78, 5) is 0. The van der Waals surface area contributed by atoms with Crippen LogP contribution < -0.4 is 5.32 Å². The molecule has 24 heavy (non-hydrogen) atoms. The monoisotopic (exact) mass is 326 g/mol. The Balaban J connectivity index is 1.66. The molecular formula is C20H30N4. The standard InChI is InChI=1S/C20H30N4/c1-14(2)12-16-7-9-17(10-8-16)13-21-19(15(3)4)20-23-22-18-6-5-11-24(18)20/h7-10,14-15,19,21H,5-6,11-13H2,1-4H3/t19-/m1/s1. The minimum atomic E-state index is 0.250. The van der Waals surface area contributed by atoms with Crippen LogP contribution >= 0.6 is 0 Å². The fourth-order valence-electron chi connectivity index (χ4n) is 3.52. The quantitative estimate of drug-likeness (QED) is 0.839. The second-order valence-corrected chi connectivity index (χ2v) is 7.75. The Kier molecular flexibility index (Phi) is 5.34. The van der Waals surface area contributed by atoms with Crippen molar-refractivity contribution in [3.63, 3.8) is 0 Å². The number of hydrogen-bond acceptors (Lipinski definition) is 3. The Labute approximate surface area is 145 Å². The molecule has 3 rings (SSSR count). The molecule has 0 saturated heterocycles. The molecule has 0 bridgehead atoms. The van der Waals surface area contributed by atoms with Gasteiger partial charge in [-0.15, -0.1) is 10.2 Å². The van der Waals surface area contributed by atoms with Gasteiger partial charge < -0.3 is 9.88 Å². The van der Waals surface area contributed by atoms with E-state index in [1.54, 1.807) is 0 Å². The smallest absolute Gasteiger partial charge is 0.150 e. The van der Waals surface area contributed by atoms with Crippen LogP contribution in [0.5, 0.6) is 0 Å². The summed E-state index contributed by atoms with van der Waals surface area (Å²) in [5.74, 6) is 3.44. The van der Waals surface area contributed by atoms with Gasteiger partial charge in [-0.3, -0.25) is 0 Å². The first-order chi connectivity index (χ1) is 11.5. The number of hydrogen-bond donors (Lipinski definition) is 1. The predicted molar refractivity (Wildman–Crippen MR) is 97.7 cm³/mol. The number of benzene rings is 1. The Morgan fingerprint density at radius 2 is 1.75 bits per heavy atom. The number of aryl methyl sites for hydroxylation is 1. The summed E-state index contributed by atoms with van der Waals surface area (Å²) < 4.78 is 2.31. The lowest BCUT2D eigenvalue weighted by atomic mass is 10.0. The maximum atomic E-state index is 4.47. The van der Waals surface area contributed by atoms with E-state index in [0.717, 1.165) is 37.6 Å². The van der Waals surface area contributed by atoms with Gasteiger partial charge in [0, 0.05) is 19.5 Å². The molecule has 4 heteroatoms. The third-order valence-corrected chi connectivity index (χ3v) is 4.78. The largest absolute Gasteiger partial charge is 0.314 e. The molecule has 4 nitrogen and oxygen atoms in total. The molecule has 0 radical (unpaired) electrons. The first kappa shape index (κ1) is 17.2. The van der Waals surface area contributed by atoms with Gasteiger partial charge in [0.2, 0.25) is 0 Å². The van der Waals surface area contributed by atoms with Crippen LogP contribution in [0.25, 0.3) is 0 Å². The van der Waals surface area contributed by atoms with Crippen molar-refractivity contribution < 1.29 is 0 Å². The van der Waals surface area contributed by atoms with E-state index >= 15 is 0 Å². The number of aromatic nitrogens is 3. The van der Waals surface area contributed by atoms with Gasteiger partial charge in [0.25, 0.3) is 0 Å². The lowest BCUT2D eigenvalue weighted by Crippen LogP contribution is -2.28. The molecule has 0 spiro atoms. The van der Waals surface area contributed by atoms with Crippen LogP contribution in [0.15, 0.2) is 24.3 Å². The van der Waals surface area contributed by atoms with Crippen molar-refractivity contribution in [2.75, 3.05) is 0 Å². The molecule has 1 N–H and O–H groups in total. The topological polar surface area (TPSA) is 42.7 Å². The van der Waals surface area contributed by atoms with Crippen LogP contribution in [0.3, 0.4) is 0 Å². The second kappa shape index (κ2) is 7.47. The third-order valence-electron chi connectivity index (χ3n) is 4.78. The molecule has 0 fully saturated rings. The fourth-order valence-corrected chi connectivity index (χ4v) is 3.52. The average molecular weight is 326 g/mol.